The first-order chi connectivity index (χ1) is 8.20. The standard InChI is InChI=1S/C12H12FN3O/c1-2-8-5-3-4-6-10(8)17-11-9(13)7-15-12(14)16-11/h3-7H,2H2,1H3,(H2,14,15,16). The van der Waals surface area contributed by atoms with Crippen LogP contribution in [0.5, 0.6) is 11.6 Å². The van der Waals surface area contributed by atoms with Crippen LogP contribution in [0.25, 0.3) is 0 Å². The first-order valence-corrected chi connectivity index (χ1v) is 5.24. The van der Waals surface area contributed by atoms with E-state index in [0.717, 1.165) is 18.2 Å². The number of para-hydroxylation sites is 1. The van der Waals surface area contributed by atoms with E-state index in [1.165, 1.54) is 0 Å². The number of hydrogen-bond donors (Lipinski definition) is 1. The number of nitrogen functional groups attached to an aromatic ring is 1. The molecular weight excluding hydrogens is 221 g/mol. The Morgan fingerprint density at radius 2 is 2.12 bits per heavy atom. The number of ether oxygens (including phenoxy) is 1. The van der Waals surface area contributed by atoms with Crippen molar-refractivity contribution < 1.29 is 9.13 Å². The fourth-order valence-electron chi connectivity index (χ4n) is 1.44. The summed E-state index contributed by atoms with van der Waals surface area (Å²) in [5.74, 6) is -0.231. The third-order valence-electron chi connectivity index (χ3n) is 2.29. The summed E-state index contributed by atoms with van der Waals surface area (Å²) < 4.78 is 18.8. The molecule has 2 aromatic rings. The molecule has 0 amide bonds. The molecule has 0 fully saturated rings. The van der Waals surface area contributed by atoms with Gasteiger partial charge in [-0.2, -0.15) is 9.37 Å². The molecule has 0 saturated heterocycles. The summed E-state index contributed by atoms with van der Waals surface area (Å²) in [6, 6.07) is 7.39. The number of nitrogens with two attached hydrogens (primary N) is 1. The summed E-state index contributed by atoms with van der Waals surface area (Å²) in [6.07, 6.45) is 1.78. The lowest BCUT2D eigenvalue weighted by atomic mass is 10.1. The molecule has 0 unspecified atom stereocenters. The molecule has 0 radical (unpaired) electrons. The van der Waals surface area contributed by atoms with Crippen LogP contribution in [0.15, 0.2) is 30.5 Å². The largest absolute Gasteiger partial charge is 0.436 e. The van der Waals surface area contributed by atoms with Crippen molar-refractivity contribution in [1.29, 1.82) is 0 Å². The zero-order chi connectivity index (χ0) is 12.3. The summed E-state index contributed by atoms with van der Waals surface area (Å²) >= 11 is 0. The van der Waals surface area contributed by atoms with E-state index in [9.17, 15) is 4.39 Å². The van der Waals surface area contributed by atoms with E-state index in [2.05, 4.69) is 9.97 Å². The second-order valence-corrected chi connectivity index (χ2v) is 3.44. The predicted octanol–water partition coefficient (Wildman–Crippen LogP) is 2.55. The zero-order valence-corrected chi connectivity index (χ0v) is 9.35. The highest BCUT2D eigenvalue weighted by Gasteiger charge is 2.10. The molecule has 0 aliphatic rings. The fourth-order valence-corrected chi connectivity index (χ4v) is 1.44. The summed E-state index contributed by atoms with van der Waals surface area (Å²) in [5, 5.41) is 0. The fraction of sp³-hybridized carbons (Fsp3) is 0.167. The number of anilines is 1. The molecule has 0 aliphatic carbocycles. The van der Waals surface area contributed by atoms with E-state index in [1.54, 1.807) is 6.07 Å². The molecule has 0 atom stereocenters. The lowest BCUT2D eigenvalue weighted by molar-refractivity contribution is 0.417. The van der Waals surface area contributed by atoms with Crippen LogP contribution in [0, 0.1) is 5.82 Å². The Bertz CT molecular complexity index is 531. The Kier molecular flexibility index (Phi) is 3.18. The van der Waals surface area contributed by atoms with Gasteiger partial charge in [0.1, 0.15) is 5.75 Å². The molecule has 0 saturated carbocycles. The maximum Gasteiger partial charge on any atom is 0.260 e. The van der Waals surface area contributed by atoms with E-state index >= 15 is 0 Å². The molecule has 2 rings (SSSR count). The van der Waals surface area contributed by atoms with Gasteiger partial charge in [0, 0.05) is 0 Å². The Hall–Kier alpha value is -2.17. The molecule has 1 aromatic heterocycles. The van der Waals surface area contributed by atoms with Crippen LogP contribution in [0.3, 0.4) is 0 Å². The maximum absolute atomic E-state index is 13.4. The van der Waals surface area contributed by atoms with Crippen LogP contribution in [0.4, 0.5) is 10.3 Å². The van der Waals surface area contributed by atoms with E-state index in [0.29, 0.717) is 5.75 Å². The average molecular weight is 233 g/mol. The highest BCUT2D eigenvalue weighted by Crippen LogP contribution is 2.26. The summed E-state index contributed by atoms with van der Waals surface area (Å²) in [4.78, 5) is 7.25. The van der Waals surface area contributed by atoms with Gasteiger partial charge in [-0.15, -0.1) is 0 Å². The van der Waals surface area contributed by atoms with Gasteiger partial charge in [0.25, 0.3) is 5.88 Å². The minimum absolute atomic E-state index is 0.0182. The molecule has 4 nitrogen and oxygen atoms in total. The van der Waals surface area contributed by atoms with Crippen LogP contribution in [0.1, 0.15) is 12.5 Å². The molecule has 0 bridgehead atoms. The van der Waals surface area contributed by atoms with Crippen LogP contribution in [0.2, 0.25) is 0 Å². The van der Waals surface area contributed by atoms with Gasteiger partial charge in [-0.05, 0) is 18.1 Å². The van der Waals surface area contributed by atoms with Crippen molar-refractivity contribution >= 4 is 5.95 Å². The van der Waals surface area contributed by atoms with Crippen molar-refractivity contribution in [2.75, 3.05) is 5.73 Å². The van der Waals surface area contributed by atoms with E-state index < -0.39 is 5.82 Å². The van der Waals surface area contributed by atoms with Crippen molar-refractivity contribution in [2.45, 2.75) is 13.3 Å². The monoisotopic (exact) mass is 233 g/mol. The molecule has 0 spiro atoms. The topological polar surface area (TPSA) is 61.0 Å². The minimum Gasteiger partial charge on any atom is -0.436 e. The number of aromatic nitrogens is 2. The normalized spacial score (nSPS) is 10.2. The molecule has 1 heterocycles. The summed E-state index contributed by atoms with van der Waals surface area (Å²) in [5.41, 5.74) is 6.36. The van der Waals surface area contributed by atoms with E-state index in [-0.39, 0.29) is 11.8 Å². The van der Waals surface area contributed by atoms with Gasteiger partial charge in [0.2, 0.25) is 11.8 Å². The van der Waals surface area contributed by atoms with Gasteiger partial charge >= 0.3 is 0 Å². The third kappa shape index (κ3) is 2.50. The van der Waals surface area contributed by atoms with Crippen LogP contribution < -0.4 is 10.5 Å². The lowest BCUT2D eigenvalue weighted by Gasteiger charge is -2.09. The Balaban J connectivity index is 2.34. The smallest absolute Gasteiger partial charge is 0.260 e. The van der Waals surface area contributed by atoms with E-state index in [1.807, 2.05) is 25.1 Å². The van der Waals surface area contributed by atoms with Crippen molar-refractivity contribution in [1.82, 2.24) is 9.97 Å². The molecule has 5 heteroatoms. The number of nitrogens with zero attached hydrogens (tertiary/aromatic N) is 2. The quantitative estimate of drug-likeness (QED) is 0.885. The minimum atomic E-state index is -0.634. The highest BCUT2D eigenvalue weighted by atomic mass is 19.1. The Morgan fingerprint density at radius 3 is 2.88 bits per heavy atom. The van der Waals surface area contributed by atoms with Crippen molar-refractivity contribution in [2.24, 2.45) is 0 Å². The Labute approximate surface area is 98.3 Å². The number of hydrogen-bond acceptors (Lipinski definition) is 4. The van der Waals surface area contributed by atoms with Crippen molar-refractivity contribution in [3.63, 3.8) is 0 Å². The zero-order valence-electron chi connectivity index (χ0n) is 9.35. The third-order valence-corrected chi connectivity index (χ3v) is 2.29. The second kappa shape index (κ2) is 4.78. The van der Waals surface area contributed by atoms with Gasteiger partial charge in [0.15, 0.2) is 0 Å². The Morgan fingerprint density at radius 1 is 1.35 bits per heavy atom. The molecule has 0 aliphatic heterocycles. The van der Waals surface area contributed by atoms with Gasteiger partial charge in [-0.3, -0.25) is 0 Å². The SMILES string of the molecule is CCc1ccccc1Oc1nc(N)ncc1F. The molecule has 88 valence electrons. The van der Waals surface area contributed by atoms with Crippen molar-refractivity contribution in [3.8, 4) is 11.6 Å². The summed E-state index contributed by atoms with van der Waals surface area (Å²) in [6.45, 7) is 1.99. The number of rotatable bonds is 3. The van der Waals surface area contributed by atoms with Gasteiger partial charge in [-0.1, -0.05) is 25.1 Å². The number of halogens is 1. The van der Waals surface area contributed by atoms with Gasteiger partial charge < -0.3 is 10.5 Å². The lowest BCUT2D eigenvalue weighted by Crippen LogP contribution is -2.00. The van der Waals surface area contributed by atoms with Gasteiger partial charge in [0.05, 0.1) is 6.20 Å². The first kappa shape index (κ1) is 11.3. The highest BCUT2D eigenvalue weighted by molar-refractivity contribution is 5.36. The average Bonchev–Trinajstić information content (AvgIpc) is 2.34. The van der Waals surface area contributed by atoms with Crippen LogP contribution >= 0.6 is 0 Å². The second-order valence-electron chi connectivity index (χ2n) is 3.44. The molecular formula is C12H12FN3O. The molecule has 1 aromatic carbocycles. The first-order valence-electron chi connectivity index (χ1n) is 5.24. The maximum atomic E-state index is 13.4. The molecule has 17 heavy (non-hydrogen) atoms. The number of aryl methyl sites for hydroxylation is 1. The van der Waals surface area contributed by atoms with Gasteiger partial charge in [-0.25, -0.2) is 4.98 Å². The van der Waals surface area contributed by atoms with Crippen LogP contribution in [-0.2, 0) is 6.42 Å². The molecule has 2 N–H and O–H groups in total. The number of benzene rings is 1. The predicted molar refractivity (Wildman–Crippen MR) is 62.3 cm³/mol. The van der Waals surface area contributed by atoms with E-state index in [4.69, 9.17) is 10.5 Å². The summed E-state index contributed by atoms with van der Waals surface area (Å²) in [7, 11) is 0. The van der Waals surface area contributed by atoms with Crippen LogP contribution in [-0.4, -0.2) is 9.97 Å². The van der Waals surface area contributed by atoms with Crippen molar-refractivity contribution in [3.05, 3.63) is 41.8 Å².